The van der Waals surface area contributed by atoms with Crippen LogP contribution in [-0.4, -0.2) is 9.97 Å². The molecule has 0 amide bonds. The van der Waals surface area contributed by atoms with Crippen LogP contribution in [0.4, 0.5) is 0 Å². The molecule has 0 aliphatic rings. The summed E-state index contributed by atoms with van der Waals surface area (Å²) in [6.07, 6.45) is 6.34. The molecular formula is C20H22N2. The maximum atomic E-state index is 4.63. The topological polar surface area (TPSA) is 25.8 Å². The fourth-order valence-corrected chi connectivity index (χ4v) is 2.00. The van der Waals surface area contributed by atoms with Gasteiger partial charge in [0.1, 0.15) is 11.4 Å². The van der Waals surface area contributed by atoms with Gasteiger partial charge in [-0.15, -0.1) is 0 Å². The first-order valence-electron chi connectivity index (χ1n) is 8.09. The van der Waals surface area contributed by atoms with Crippen LogP contribution in [0.25, 0.3) is 11.0 Å². The van der Waals surface area contributed by atoms with E-state index in [2.05, 4.69) is 47.5 Å². The van der Waals surface area contributed by atoms with Gasteiger partial charge in [-0.1, -0.05) is 50.7 Å². The molecule has 2 heteroatoms. The highest BCUT2D eigenvalue weighted by atomic mass is 14.8. The lowest BCUT2D eigenvalue weighted by atomic mass is 10.2. The molecular weight excluding hydrogens is 268 g/mol. The molecule has 0 N–H and O–H groups in total. The zero-order valence-electron chi connectivity index (χ0n) is 13.4. The molecule has 0 atom stereocenters. The lowest BCUT2D eigenvalue weighted by Crippen LogP contribution is -1.95. The highest BCUT2D eigenvalue weighted by Gasteiger charge is 2.04. The Balaban J connectivity index is 2.35. The summed E-state index contributed by atoms with van der Waals surface area (Å²) in [5.74, 6) is 12.7. The normalized spacial score (nSPS) is 9.73. The van der Waals surface area contributed by atoms with Crippen LogP contribution in [0, 0.1) is 23.7 Å². The van der Waals surface area contributed by atoms with Crippen LogP contribution < -0.4 is 0 Å². The summed E-state index contributed by atoms with van der Waals surface area (Å²) >= 11 is 0. The van der Waals surface area contributed by atoms with Crippen LogP contribution >= 0.6 is 0 Å². The molecule has 0 fully saturated rings. The molecule has 0 saturated carbocycles. The Morgan fingerprint density at radius 3 is 1.64 bits per heavy atom. The smallest absolute Gasteiger partial charge is 0.148 e. The van der Waals surface area contributed by atoms with E-state index in [1.165, 1.54) is 0 Å². The number of nitrogens with zero attached hydrogens (tertiary/aromatic N) is 2. The van der Waals surface area contributed by atoms with E-state index in [9.17, 15) is 0 Å². The number of benzene rings is 1. The number of aromatic nitrogens is 2. The van der Waals surface area contributed by atoms with E-state index >= 15 is 0 Å². The van der Waals surface area contributed by atoms with E-state index in [1.807, 2.05) is 24.3 Å². The van der Waals surface area contributed by atoms with E-state index in [0.29, 0.717) is 11.4 Å². The summed E-state index contributed by atoms with van der Waals surface area (Å²) in [5, 5.41) is 0. The average molecular weight is 290 g/mol. The second-order valence-corrected chi connectivity index (χ2v) is 5.22. The molecule has 0 saturated heterocycles. The highest BCUT2D eigenvalue weighted by Crippen LogP contribution is 2.12. The zero-order valence-corrected chi connectivity index (χ0v) is 13.4. The monoisotopic (exact) mass is 290 g/mol. The fraction of sp³-hybridized carbons (Fsp3) is 0.400. The minimum Gasteiger partial charge on any atom is -0.235 e. The van der Waals surface area contributed by atoms with Gasteiger partial charge in [-0.3, -0.25) is 0 Å². The number of hydrogen-bond donors (Lipinski definition) is 0. The standard InChI is InChI=1S/C20H22N2/c1-3-5-7-9-13-17-18(14-10-8-6-4-2)22-20-16-12-11-15-19(20)21-17/h11-12,15-16H,3-8H2,1-2H3. The van der Waals surface area contributed by atoms with Crippen LogP contribution in [0.3, 0.4) is 0 Å². The molecule has 0 unspecified atom stereocenters. The Morgan fingerprint density at radius 2 is 1.23 bits per heavy atom. The quantitative estimate of drug-likeness (QED) is 0.602. The van der Waals surface area contributed by atoms with Gasteiger partial charge in [-0.25, -0.2) is 9.97 Å². The van der Waals surface area contributed by atoms with Crippen molar-refractivity contribution in [3.63, 3.8) is 0 Å². The van der Waals surface area contributed by atoms with Crippen LogP contribution in [0.1, 0.15) is 63.8 Å². The largest absolute Gasteiger partial charge is 0.235 e. The van der Waals surface area contributed by atoms with Crippen molar-refractivity contribution in [2.75, 3.05) is 0 Å². The SMILES string of the molecule is CCCCC#Cc1nc2ccccc2nc1C#CCCCC. The molecule has 0 aliphatic heterocycles. The van der Waals surface area contributed by atoms with E-state index in [4.69, 9.17) is 0 Å². The lowest BCUT2D eigenvalue weighted by Gasteiger charge is -2.00. The highest BCUT2D eigenvalue weighted by molar-refractivity contribution is 5.75. The van der Waals surface area contributed by atoms with Crippen molar-refractivity contribution < 1.29 is 0 Å². The Labute approximate surface area is 133 Å². The predicted octanol–water partition coefficient (Wildman–Crippen LogP) is 4.71. The van der Waals surface area contributed by atoms with Crippen molar-refractivity contribution in [1.29, 1.82) is 0 Å². The Morgan fingerprint density at radius 1 is 0.773 bits per heavy atom. The maximum Gasteiger partial charge on any atom is 0.148 e. The third-order valence-corrected chi connectivity index (χ3v) is 3.29. The molecule has 1 aromatic carbocycles. The van der Waals surface area contributed by atoms with Gasteiger partial charge in [0.25, 0.3) is 0 Å². The zero-order chi connectivity index (χ0) is 15.6. The van der Waals surface area contributed by atoms with E-state index in [-0.39, 0.29) is 0 Å². The molecule has 2 aromatic rings. The van der Waals surface area contributed by atoms with Crippen LogP contribution in [0.5, 0.6) is 0 Å². The van der Waals surface area contributed by atoms with Gasteiger partial charge in [0, 0.05) is 12.8 Å². The molecule has 0 radical (unpaired) electrons. The number of para-hydroxylation sites is 2. The molecule has 22 heavy (non-hydrogen) atoms. The van der Waals surface area contributed by atoms with E-state index in [0.717, 1.165) is 49.6 Å². The summed E-state index contributed by atoms with van der Waals surface area (Å²) < 4.78 is 0. The number of hydrogen-bond acceptors (Lipinski definition) is 2. The molecule has 1 heterocycles. The maximum absolute atomic E-state index is 4.63. The van der Waals surface area contributed by atoms with Gasteiger partial charge < -0.3 is 0 Å². The Kier molecular flexibility index (Phi) is 6.46. The van der Waals surface area contributed by atoms with Crippen molar-refractivity contribution in [2.24, 2.45) is 0 Å². The Hall–Kier alpha value is -2.32. The molecule has 2 rings (SSSR count). The van der Waals surface area contributed by atoms with Crippen molar-refractivity contribution in [3.8, 4) is 23.7 Å². The molecule has 1 aromatic heterocycles. The number of rotatable bonds is 4. The van der Waals surface area contributed by atoms with Gasteiger partial charge in [-0.05, 0) is 36.8 Å². The second kappa shape index (κ2) is 8.85. The summed E-state index contributed by atoms with van der Waals surface area (Å²) in [6.45, 7) is 4.34. The molecule has 0 aliphatic carbocycles. The van der Waals surface area contributed by atoms with Crippen molar-refractivity contribution in [2.45, 2.75) is 52.4 Å². The molecule has 0 spiro atoms. The molecule has 2 nitrogen and oxygen atoms in total. The van der Waals surface area contributed by atoms with Gasteiger partial charge in [0.2, 0.25) is 0 Å². The van der Waals surface area contributed by atoms with Gasteiger partial charge in [-0.2, -0.15) is 0 Å². The summed E-state index contributed by atoms with van der Waals surface area (Å²) in [5.41, 5.74) is 3.17. The van der Waals surface area contributed by atoms with Crippen molar-refractivity contribution >= 4 is 11.0 Å². The lowest BCUT2D eigenvalue weighted by molar-refractivity contribution is 0.827. The second-order valence-electron chi connectivity index (χ2n) is 5.22. The van der Waals surface area contributed by atoms with E-state index < -0.39 is 0 Å². The minimum atomic E-state index is 0.707. The van der Waals surface area contributed by atoms with Gasteiger partial charge in [0.05, 0.1) is 11.0 Å². The van der Waals surface area contributed by atoms with Crippen LogP contribution in [-0.2, 0) is 0 Å². The Bertz CT molecular complexity index is 674. The third-order valence-electron chi connectivity index (χ3n) is 3.29. The van der Waals surface area contributed by atoms with Crippen molar-refractivity contribution in [1.82, 2.24) is 9.97 Å². The summed E-state index contributed by atoms with van der Waals surface area (Å²) in [7, 11) is 0. The van der Waals surface area contributed by atoms with Gasteiger partial charge in [0.15, 0.2) is 0 Å². The predicted molar refractivity (Wildman–Crippen MR) is 92.3 cm³/mol. The average Bonchev–Trinajstić information content (AvgIpc) is 2.55. The summed E-state index contributed by atoms with van der Waals surface area (Å²) in [4.78, 5) is 9.27. The molecule has 112 valence electrons. The molecule has 0 bridgehead atoms. The minimum absolute atomic E-state index is 0.707. The van der Waals surface area contributed by atoms with Gasteiger partial charge >= 0.3 is 0 Å². The first kappa shape index (κ1) is 16.1. The number of unbranched alkanes of at least 4 members (excludes halogenated alkanes) is 4. The summed E-state index contributed by atoms with van der Waals surface area (Å²) in [6, 6.07) is 7.87. The number of fused-ring (bicyclic) bond motifs is 1. The van der Waals surface area contributed by atoms with Crippen LogP contribution in [0.2, 0.25) is 0 Å². The fourth-order valence-electron chi connectivity index (χ4n) is 2.00. The van der Waals surface area contributed by atoms with E-state index in [1.54, 1.807) is 0 Å². The first-order chi connectivity index (χ1) is 10.8. The first-order valence-corrected chi connectivity index (χ1v) is 8.09. The third kappa shape index (κ3) is 4.61. The van der Waals surface area contributed by atoms with Crippen LogP contribution in [0.15, 0.2) is 24.3 Å². The van der Waals surface area contributed by atoms with Crippen molar-refractivity contribution in [3.05, 3.63) is 35.7 Å².